The van der Waals surface area contributed by atoms with E-state index in [-0.39, 0.29) is 5.63 Å². The molecule has 0 radical (unpaired) electrons. The van der Waals surface area contributed by atoms with E-state index in [0.717, 1.165) is 47.0 Å². The molecule has 3 aromatic carbocycles. The minimum atomic E-state index is -0.294. The molecule has 0 unspecified atom stereocenters. The molecule has 0 saturated carbocycles. The first kappa shape index (κ1) is 17.7. The summed E-state index contributed by atoms with van der Waals surface area (Å²) in [7, 11) is 0. The summed E-state index contributed by atoms with van der Waals surface area (Å²) < 4.78 is 12.0. The lowest BCUT2D eigenvalue weighted by atomic mass is 9.86. The van der Waals surface area contributed by atoms with Crippen LogP contribution in [0.2, 0.25) is 0 Å². The van der Waals surface area contributed by atoms with Crippen LogP contribution in [0.5, 0.6) is 5.75 Å². The van der Waals surface area contributed by atoms with Crippen LogP contribution in [0.25, 0.3) is 21.7 Å². The third-order valence-corrected chi connectivity index (χ3v) is 6.69. The Kier molecular flexibility index (Phi) is 3.96. The van der Waals surface area contributed by atoms with Gasteiger partial charge in [0.15, 0.2) is 0 Å². The van der Waals surface area contributed by atoms with Crippen LogP contribution < -0.4 is 10.4 Å². The molecule has 1 aromatic heterocycles. The molecular formula is C26H23NO3. The molecule has 2 heterocycles. The molecule has 1 aliphatic carbocycles. The third kappa shape index (κ3) is 2.60. The van der Waals surface area contributed by atoms with Gasteiger partial charge >= 0.3 is 5.63 Å². The molecule has 0 spiro atoms. The molecule has 2 aliphatic rings. The van der Waals surface area contributed by atoms with Gasteiger partial charge < -0.3 is 9.15 Å². The second kappa shape index (κ2) is 6.71. The van der Waals surface area contributed by atoms with Crippen molar-refractivity contribution in [2.45, 2.75) is 38.8 Å². The minimum absolute atomic E-state index is 0.294. The van der Waals surface area contributed by atoms with Crippen LogP contribution in [0.15, 0.2) is 63.8 Å². The highest BCUT2D eigenvalue weighted by atomic mass is 16.5. The fourth-order valence-corrected chi connectivity index (χ4v) is 5.26. The quantitative estimate of drug-likeness (QED) is 0.315. The van der Waals surface area contributed by atoms with Crippen LogP contribution in [-0.4, -0.2) is 11.6 Å². The number of ether oxygens (including phenoxy) is 1. The molecule has 6 rings (SSSR count). The van der Waals surface area contributed by atoms with Crippen molar-refractivity contribution in [1.82, 2.24) is 4.90 Å². The summed E-state index contributed by atoms with van der Waals surface area (Å²) >= 11 is 0. The summed E-state index contributed by atoms with van der Waals surface area (Å²) in [6.45, 7) is 3.37. The number of rotatable bonds is 1. The van der Waals surface area contributed by atoms with E-state index in [0.29, 0.717) is 23.7 Å². The van der Waals surface area contributed by atoms with E-state index in [1.54, 1.807) is 0 Å². The van der Waals surface area contributed by atoms with Crippen molar-refractivity contribution in [3.05, 3.63) is 87.3 Å². The second-order valence-electron chi connectivity index (χ2n) is 8.43. The van der Waals surface area contributed by atoms with Gasteiger partial charge in [0, 0.05) is 29.1 Å². The Hall–Kier alpha value is -3.11. The Morgan fingerprint density at radius 3 is 2.67 bits per heavy atom. The molecule has 4 nitrogen and oxygen atoms in total. The Morgan fingerprint density at radius 2 is 1.77 bits per heavy atom. The van der Waals surface area contributed by atoms with Gasteiger partial charge in [-0.25, -0.2) is 4.79 Å². The first-order valence-electron chi connectivity index (χ1n) is 10.6. The summed E-state index contributed by atoms with van der Waals surface area (Å²) in [6, 6.07) is 19.0. The van der Waals surface area contributed by atoms with Gasteiger partial charge in [-0.1, -0.05) is 42.5 Å². The minimum Gasteiger partial charge on any atom is -0.477 e. The van der Waals surface area contributed by atoms with E-state index in [9.17, 15) is 4.79 Å². The largest absolute Gasteiger partial charge is 0.477 e. The van der Waals surface area contributed by atoms with Gasteiger partial charge in [0.1, 0.15) is 18.1 Å². The van der Waals surface area contributed by atoms with Gasteiger partial charge in [0.25, 0.3) is 0 Å². The Labute approximate surface area is 174 Å². The van der Waals surface area contributed by atoms with E-state index < -0.39 is 0 Å². The Balaban J connectivity index is 1.48. The van der Waals surface area contributed by atoms with Crippen LogP contribution in [0.1, 0.15) is 41.1 Å². The van der Waals surface area contributed by atoms with Crippen molar-refractivity contribution in [3.63, 3.8) is 0 Å². The molecule has 0 amide bonds. The highest BCUT2D eigenvalue weighted by Crippen LogP contribution is 2.41. The molecule has 4 aromatic rings. The monoisotopic (exact) mass is 397 g/mol. The van der Waals surface area contributed by atoms with E-state index >= 15 is 0 Å². The topological polar surface area (TPSA) is 42.7 Å². The number of hydrogen-bond donors (Lipinski definition) is 0. The molecule has 4 heteroatoms. The molecule has 0 bridgehead atoms. The van der Waals surface area contributed by atoms with Gasteiger partial charge in [-0.2, -0.15) is 0 Å². The molecule has 1 aliphatic heterocycles. The van der Waals surface area contributed by atoms with Gasteiger partial charge in [-0.05, 0) is 54.8 Å². The molecule has 0 saturated heterocycles. The Bertz CT molecular complexity index is 1350. The van der Waals surface area contributed by atoms with Gasteiger partial charge in [-0.15, -0.1) is 0 Å². The van der Waals surface area contributed by atoms with Gasteiger partial charge in [-0.3, -0.25) is 4.90 Å². The fourth-order valence-electron chi connectivity index (χ4n) is 5.26. The summed E-state index contributed by atoms with van der Waals surface area (Å²) in [4.78, 5) is 14.9. The number of aryl methyl sites for hydroxylation is 2. The SMILES string of the molecule is Cc1c2c(cc3c1oc(=O)c1ccccc13)CN([C@@H]1CCCc3ccccc31)CO2. The Morgan fingerprint density at radius 1 is 0.967 bits per heavy atom. The van der Waals surface area contributed by atoms with E-state index in [2.05, 4.69) is 35.2 Å². The maximum Gasteiger partial charge on any atom is 0.344 e. The molecule has 0 fully saturated rings. The van der Waals surface area contributed by atoms with Crippen LogP contribution in [0, 0.1) is 6.92 Å². The lowest BCUT2D eigenvalue weighted by Crippen LogP contribution is -2.37. The molecule has 30 heavy (non-hydrogen) atoms. The molecule has 0 N–H and O–H groups in total. The number of nitrogens with zero attached hydrogens (tertiary/aromatic N) is 1. The number of benzene rings is 3. The average molecular weight is 397 g/mol. The predicted molar refractivity (Wildman–Crippen MR) is 118 cm³/mol. The molecular weight excluding hydrogens is 374 g/mol. The molecule has 150 valence electrons. The lowest BCUT2D eigenvalue weighted by Gasteiger charge is -2.39. The zero-order chi connectivity index (χ0) is 20.2. The number of hydrogen-bond acceptors (Lipinski definition) is 4. The summed E-state index contributed by atoms with van der Waals surface area (Å²) in [6.07, 6.45) is 3.52. The van der Waals surface area contributed by atoms with Gasteiger partial charge in [0.05, 0.1) is 5.39 Å². The van der Waals surface area contributed by atoms with Crippen molar-refractivity contribution in [3.8, 4) is 5.75 Å². The molecule has 1 atom stereocenters. The van der Waals surface area contributed by atoms with Crippen molar-refractivity contribution in [2.24, 2.45) is 0 Å². The van der Waals surface area contributed by atoms with E-state index in [4.69, 9.17) is 9.15 Å². The van der Waals surface area contributed by atoms with Crippen LogP contribution in [0.3, 0.4) is 0 Å². The summed E-state index contributed by atoms with van der Waals surface area (Å²) in [5, 5.41) is 2.55. The fraction of sp³-hybridized carbons (Fsp3) is 0.269. The third-order valence-electron chi connectivity index (χ3n) is 6.69. The van der Waals surface area contributed by atoms with E-state index in [1.165, 1.54) is 17.5 Å². The second-order valence-corrected chi connectivity index (χ2v) is 8.43. The zero-order valence-electron chi connectivity index (χ0n) is 17.0. The van der Waals surface area contributed by atoms with Crippen molar-refractivity contribution in [1.29, 1.82) is 0 Å². The first-order valence-corrected chi connectivity index (χ1v) is 10.6. The maximum atomic E-state index is 12.5. The standard InChI is InChI=1S/C26H23NO3/c1-16-24-18(13-22-20-10-4-5-11-21(20)26(28)30-25(16)22)14-27(15-29-24)23-12-6-8-17-7-2-3-9-19(17)23/h2-5,7,9-11,13,23H,6,8,12,14-15H2,1H3/t23-/m1/s1. The summed E-state index contributed by atoms with van der Waals surface area (Å²) in [5.41, 5.74) is 5.31. The van der Waals surface area contributed by atoms with Gasteiger partial charge in [0.2, 0.25) is 0 Å². The van der Waals surface area contributed by atoms with Crippen LogP contribution >= 0.6 is 0 Å². The smallest absolute Gasteiger partial charge is 0.344 e. The van der Waals surface area contributed by atoms with Crippen LogP contribution in [-0.2, 0) is 13.0 Å². The van der Waals surface area contributed by atoms with Crippen molar-refractivity contribution >= 4 is 21.7 Å². The van der Waals surface area contributed by atoms with Crippen LogP contribution in [0.4, 0.5) is 0 Å². The zero-order valence-corrected chi connectivity index (χ0v) is 17.0. The number of fused-ring (bicyclic) bond motifs is 5. The van der Waals surface area contributed by atoms with Crippen molar-refractivity contribution in [2.75, 3.05) is 6.73 Å². The predicted octanol–water partition coefficient (Wildman–Crippen LogP) is 5.48. The maximum absolute atomic E-state index is 12.5. The average Bonchev–Trinajstić information content (AvgIpc) is 2.79. The highest BCUT2D eigenvalue weighted by molar-refractivity contribution is 6.06. The summed E-state index contributed by atoms with van der Waals surface area (Å²) in [5.74, 6) is 0.862. The highest BCUT2D eigenvalue weighted by Gasteiger charge is 2.30. The van der Waals surface area contributed by atoms with E-state index in [1.807, 2.05) is 31.2 Å². The van der Waals surface area contributed by atoms with Crippen molar-refractivity contribution < 1.29 is 9.15 Å². The first-order chi connectivity index (χ1) is 14.7. The normalized spacial score (nSPS) is 18.8. The lowest BCUT2D eigenvalue weighted by molar-refractivity contribution is 0.0475.